The first-order chi connectivity index (χ1) is 15.1. The lowest BCUT2D eigenvalue weighted by molar-refractivity contribution is 0.0127. The van der Waals surface area contributed by atoms with Crippen LogP contribution in [-0.4, -0.2) is 30.0 Å². The predicted octanol–water partition coefficient (Wildman–Crippen LogP) is 4.49. The van der Waals surface area contributed by atoms with Gasteiger partial charge in [0, 0.05) is 57.8 Å². The third-order valence-corrected chi connectivity index (χ3v) is 5.57. The van der Waals surface area contributed by atoms with Gasteiger partial charge in [-0.05, 0) is 47.4 Å². The summed E-state index contributed by atoms with van der Waals surface area (Å²) in [6, 6.07) is 8.90. The fourth-order valence-corrected chi connectivity index (χ4v) is 3.87. The second kappa shape index (κ2) is 8.18. The average molecular weight is 437 g/mol. The molecule has 32 heavy (non-hydrogen) atoms. The van der Waals surface area contributed by atoms with E-state index < -0.39 is 5.92 Å². The van der Waals surface area contributed by atoms with Gasteiger partial charge in [-0.15, -0.1) is 0 Å². The molecule has 0 atom stereocenters. The summed E-state index contributed by atoms with van der Waals surface area (Å²) in [5.74, 6) is -2.34. The van der Waals surface area contributed by atoms with Crippen LogP contribution < -0.4 is 15.5 Å². The number of rotatable bonds is 6. The van der Waals surface area contributed by atoms with E-state index in [1.165, 1.54) is 12.3 Å². The maximum atomic E-state index is 13.3. The molecule has 2 N–H and O–H groups in total. The van der Waals surface area contributed by atoms with Crippen molar-refractivity contribution in [2.24, 2.45) is 0 Å². The summed E-state index contributed by atoms with van der Waals surface area (Å²) in [6.07, 6.45) is 3.24. The molecule has 0 radical (unpaired) electrons. The molecule has 0 unspecified atom stereocenters. The molecule has 1 aromatic carbocycles. The van der Waals surface area contributed by atoms with Crippen LogP contribution in [0.5, 0.6) is 0 Å². The van der Waals surface area contributed by atoms with E-state index in [2.05, 4.69) is 20.6 Å². The van der Waals surface area contributed by atoms with Crippen molar-refractivity contribution in [1.82, 2.24) is 15.3 Å². The van der Waals surface area contributed by atoms with Gasteiger partial charge in [0.1, 0.15) is 11.5 Å². The largest absolute Gasteiger partial charge is 0.377 e. The van der Waals surface area contributed by atoms with Gasteiger partial charge in [0.25, 0.3) is 11.8 Å². The molecular weight excluding hydrogens is 412 g/mol. The van der Waals surface area contributed by atoms with E-state index in [0.29, 0.717) is 24.5 Å². The zero-order valence-electron chi connectivity index (χ0n) is 18.5. The number of anilines is 2. The van der Waals surface area contributed by atoms with Crippen molar-refractivity contribution < 1.29 is 13.6 Å². The summed E-state index contributed by atoms with van der Waals surface area (Å²) < 4.78 is 26.6. The molecule has 1 amide bonds. The van der Waals surface area contributed by atoms with Gasteiger partial charge in [0.15, 0.2) is 0 Å². The maximum Gasteiger partial charge on any atom is 0.286 e. The van der Waals surface area contributed by atoms with Crippen molar-refractivity contribution in [3.63, 3.8) is 0 Å². The van der Waals surface area contributed by atoms with E-state index in [4.69, 9.17) is 0 Å². The van der Waals surface area contributed by atoms with Gasteiger partial charge in [-0.3, -0.25) is 9.78 Å². The SMILES string of the molecule is Cc1cc(NCc2ccc(C(C)(F)F)nc2)ncc1-c1ccc(N(C)C)c2c1CNC2=O. The van der Waals surface area contributed by atoms with Gasteiger partial charge in [-0.2, -0.15) is 8.78 Å². The third-order valence-electron chi connectivity index (χ3n) is 5.57. The van der Waals surface area contributed by atoms with E-state index in [1.807, 2.05) is 44.1 Å². The number of alkyl halides is 2. The number of halogens is 2. The summed E-state index contributed by atoms with van der Waals surface area (Å²) >= 11 is 0. The molecule has 2 aromatic heterocycles. The molecule has 0 saturated heterocycles. The van der Waals surface area contributed by atoms with Gasteiger partial charge in [-0.25, -0.2) is 4.98 Å². The molecular formula is C24H25F2N5O. The van der Waals surface area contributed by atoms with E-state index >= 15 is 0 Å². The Kier molecular flexibility index (Phi) is 5.54. The van der Waals surface area contributed by atoms with Gasteiger partial charge in [0.2, 0.25) is 0 Å². The molecule has 166 valence electrons. The molecule has 0 fully saturated rings. The highest BCUT2D eigenvalue weighted by Gasteiger charge is 2.27. The van der Waals surface area contributed by atoms with Crippen molar-refractivity contribution in [2.75, 3.05) is 24.3 Å². The molecule has 3 heterocycles. The zero-order chi connectivity index (χ0) is 23.0. The number of pyridine rings is 2. The lowest BCUT2D eigenvalue weighted by Crippen LogP contribution is -2.17. The fraction of sp³-hybridized carbons (Fsp3) is 0.292. The summed E-state index contributed by atoms with van der Waals surface area (Å²) in [7, 11) is 3.84. The standard InChI is InChI=1S/C24H25F2N5O/c1-14-9-21(28-11-15-5-8-20(27-10-15)24(2,25)26)29-12-17(14)16-6-7-19(31(3)4)22-18(16)13-30-23(22)32/h5-10,12H,11,13H2,1-4H3,(H,28,29)(H,30,32). The molecule has 6 nitrogen and oxygen atoms in total. The predicted molar refractivity (Wildman–Crippen MR) is 121 cm³/mol. The highest BCUT2D eigenvalue weighted by molar-refractivity contribution is 6.05. The van der Waals surface area contributed by atoms with Crippen molar-refractivity contribution in [3.8, 4) is 11.1 Å². The summed E-state index contributed by atoms with van der Waals surface area (Å²) in [4.78, 5) is 22.7. The number of amides is 1. The van der Waals surface area contributed by atoms with Crippen LogP contribution in [-0.2, 0) is 19.0 Å². The molecule has 1 aliphatic heterocycles. The van der Waals surface area contributed by atoms with Crippen LogP contribution >= 0.6 is 0 Å². The number of hydrogen-bond donors (Lipinski definition) is 2. The van der Waals surface area contributed by atoms with Crippen LogP contribution in [0.15, 0.2) is 42.7 Å². The fourth-order valence-electron chi connectivity index (χ4n) is 3.87. The molecule has 8 heteroatoms. The summed E-state index contributed by atoms with van der Waals surface area (Å²) in [5, 5.41) is 6.13. The quantitative estimate of drug-likeness (QED) is 0.595. The minimum Gasteiger partial charge on any atom is -0.377 e. The Balaban J connectivity index is 1.55. The Morgan fingerprint density at radius 3 is 2.53 bits per heavy atom. The number of benzene rings is 1. The minimum atomic E-state index is -2.95. The summed E-state index contributed by atoms with van der Waals surface area (Å²) in [6.45, 7) is 3.74. The number of aromatic nitrogens is 2. The number of aryl methyl sites for hydroxylation is 1. The molecule has 0 aliphatic carbocycles. The number of carbonyl (C=O) groups is 1. The first-order valence-corrected chi connectivity index (χ1v) is 10.3. The molecule has 0 saturated carbocycles. The molecule has 1 aliphatic rings. The molecule has 3 aromatic rings. The number of nitrogens with one attached hydrogen (secondary N) is 2. The second-order valence-electron chi connectivity index (χ2n) is 8.24. The van der Waals surface area contributed by atoms with Gasteiger partial charge in [0.05, 0.1) is 5.56 Å². The lowest BCUT2D eigenvalue weighted by Gasteiger charge is -2.18. The highest BCUT2D eigenvalue weighted by atomic mass is 19.3. The Morgan fingerprint density at radius 2 is 1.91 bits per heavy atom. The first-order valence-electron chi connectivity index (χ1n) is 10.3. The van der Waals surface area contributed by atoms with E-state index in [0.717, 1.165) is 40.4 Å². The Hall–Kier alpha value is -3.55. The van der Waals surface area contributed by atoms with Crippen molar-refractivity contribution in [2.45, 2.75) is 32.9 Å². The molecule has 4 rings (SSSR count). The number of fused-ring (bicyclic) bond motifs is 1. The monoisotopic (exact) mass is 437 g/mol. The van der Waals surface area contributed by atoms with Gasteiger partial charge < -0.3 is 15.5 Å². The van der Waals surface area contributed by atoms with Crippen molar-refractivity contribution in [1.29, 1.82) is 0 Å². The van der Waals surface area contributed by atoms with E-state index in [1.54, 1.807) is 12.3 Å². The second-order valence-corrected chi connectivity index (χ2v) is 8.24. The Morgan fingerprint density at radius 1 is 1.12 bits per heavy atom. The molecule has 0 bridgehead atoms. The van der Waals surface area contributed by atoms with Crippen molar-refractivity contribution in [3.05, 3.63) is 70.7 Å². The van der Waals surface area contributed by atoms with Crippen LogP contribution in [0.3, 0.4) is 0 Å². The van der Waals surface area contributed by atoms with Crippen LogP contribution in [0.4, 0.5) is 20.3 Å². The smallest absolute Gasteiger partial charge is 0.286 e. The van der Waals surface area contributed by atoms with Gasteiger partial charge in [-0.1, -0.05) is 12.1 Å². The molecule has 0 spiro atoms. The van der Waals surface area contributed by atoms with E-state index in [-0.39, 0.29) is 11.6 Å². The first kappa shape index (κ1) is 21.7. The summed E-state index contributed by atoms with van der Waals surface area (Å²) in [5.41, 5.74) is 6.08. The van der Waals surface area contributed by atoms with Gasteiger partial charge >= 0.3 is 0 Å². The van der Waals surface area contributed by atoms with Crippen LogP contribution in [0.2, 0.25) is 0 Å². The van der Waals surface area contributed by atoms with Crippen LogP contribution in [0.25, 0.3) is 11.1 Å². The zero-order valence-corrected chi connectivity index (χ0v) is 18.5. The normalized spacial score (nSPS) is 13.0. The van der Waals surface area contributed by atoms with Crippen molar-refractivity contribution >= 4 is 17.4 Å². The van der Waals surface area contributed by atoms with Crippen LogP contribution in [0.1, 0.15) is 39.7 Å². The number of carbonyl (C=O) groups excluding carboxylic acids is 1. The minimum absolute atomic E-state index is 0.0603. The average Bonchev–Trinajstić information content (AvgIpc) is 3.13. The maximum absolute atomic E-state index is 13.3. The Labute approximate surface area is 185 Å². The number of hydrogen-bond acceptors (Lipinski definition) is 5. The lowest BCUT2D eigenvalue weighted by atomic mass is 9.94. The third kappa shape index (κ3) is 4.12. The van der Waals surface area contributed by atoms with Crippen LogP contribution in [0, 0.1) is 6.92 Å². The highest BCUT2D eigenvalue weighted by Crippen LogP contribution is 2.36. The topological polar surface area (TPSA) is 70.2 Å². The number of nitrogens with zero attached hydrogens (tertiary/aromatic N) is 3. The Bertz CT molecular complexity index is 1170. The van der Waals surface area contributed by atoms with E-state index in [9.17, 15) is 13.6 Å².